The smallest absolute Gasteiger partial charge is 0.545 e. The minimum atomic E-state index is -1.20. The van der Waals surface area contributed by atoms with E-state index in [0.29, 0.717) is 11.3 Å². The van der Waals surface area contributed by atoms with Gasteiger partial charge in [-0.2, -0.15) is 0 Å². The van der Waals surface area contributed by atoms with E-state index in [-0.39, 0.29) is 35.1 Å². The molecule has 0 saturated heterocycles. The summed E-state index contributed by atoms with van der Waals surface area (Å²) in [5.41, 5.74) is 0.681. The third-order valence-corrected chi connectivity index (χ3v) is 1.93. The van der Waals surface area contributed by atoms with Crippen LogP contribution in [0.5, 0.6) is 0 Å². The average Bonchev–Trinajstić information content (AvgIpc) is 2.70. The van der Waals surface area contributed by atoms with E-state index in [0.717, 1.165) is 0 Å². The van der Waals surface area contributed by atoms with E-state index in [9.17, 15) is 9.90 Å². The second-order valence-corrected chi connectivity index (χ2v) is 2.81. The van der Waals surface area contributed by atoms with Gasteiger partial charge in [-0.3, -0.25) is 0 Å². The molecule has 3 nitrogen and oxygen atoms in total. The van der Waals surface area contributed by atoms with Crippen LogP contribution in [0.25, 0.3) is 11.3 Å². The maximum atomic E-state index is 10.8. The van der Waals surface area contributed by atoms with Crippen LogP contribution >= 0.6 is 0 Å². The second kappa shape index (κ2) is 5.16. The number of carbonyl (C=O) groups excluding carboxylic acids is 1. The molecule has 1 aromatic heterocycles. The minimum absolute atomic E-state index is 0. The Kier molecular flexibility index (Phi) is 4.15. The molecule has 0 amide bonds. The molecular formula is C11H7NaO3. The predicted octanol–water partition coefficient (Wildman–Crippen LogP) is -1.69. The molecule has 2 rings (SSSR count). The first-order valence-corrected chi connectivity index (χ1v) is 4.13. The summed E-state index contributed by atoms with van der Waals surface area (Å²) in [5, 5.41) is 10.8. The predicted molar refractivity (Wildman–Crippen MR) is 48.5 cm³/mol. The normalized spacial score (nSPS) is 9.33. The molecule has 0 unspecified atom stereocenters. The Bertz CT molecular complexity index is 449. The standard InChI is InChI=1S/C11H8O3.Na/c12-11(13)9-5-2-1-4-8(9)10-6-3-7-14-10;/h1-7H,(H,12,13);/q;+1/p-1. The first kappa shape index (κ1) is 12.0. The first-order valence-electron chi connectivity index (χ1n) is 4.13. The number of carboxylic acid groups (broad SMARTS) is 1. The van der Waals surface area contributed by atoms with Crippen molar-refractivity contribution in [3.05, 3.63) is 48.2 Å². The molecule has 0 aliphatic rings. The fraction of sp³-hybridized carbons (Fsp3) is 0. The molecule has 0 aliphatic heterocycles. The molecule has 0 atom stereocenters. The quantitative estimate of drug-likeness (QED) is 0.556. The number of carboxylic acids is 1. The van der Waals surface area contributed by atoms with Gasteiger partial charge in [-0.05, 0) is 12.1 Å². The van der Waals surface area contributed by atoms with E-state index in [1.807, 2.05) is 0 Å². The Morgan fingerprint density at radius 1 is 1.13 bits per heavy atom. The van der Waals surface area contributed by atoms with E-state index < -0.39 is 5.97 Å². The van der Waals surface area contributed by atoms with Crippen molar-refractivity contribution in [1.29, 1.82) is 0 Å². The van der Waals surface area contributed by atoms with Crippen LogP contribution in [0.4, 0.5) is 0 Å². The van der Waals surface area contributed by atoms with Crippen molar-refractivity contribution in [2.45, 2.75) is 0 Å². The van der Waals surface area contributed by atoms with Gasteiger partial charge in [-0.1, -0.05) is 24.3 Å². The van der Waals surface area contributed by atoms with Crippen molar-refractivity contribution in [2.75, 3.05) is 0 Å². The summed E-state index contributed by atoms with van der Waals surface area (Å²) in [6.07, 6.45) is 1.50. The summed E-state index contributed by atoms with van der Waals surface area (Å²) in [7, 11) is 0. The van der Waals surface area contributed by atoms with Gasteiger partial charge in [0.15, 0.2) is 0 Å². The molecule has 0 bridgehead atoms. The molecule has 4 heteroatoms. The van der Waals surface area contributed by atoms with Crippen molar-refractivity contribution in [3.63, 3.8) is 0 Å². The van der Waals surface area contributed by atoms with E-state index >= 15 is 0 Å². The van der Waals surface area contributed by atoms with Crippen LogP contribution in [0.1, 0.15) is 10.4 Å². The minimum Gasteiger partial charge on any atom is -0.545 e. The van der Waals surface area contributed by atoms with Crippen molar-refractivity contribution in [2.24, 2.45) is 0 Å². The summed E-state index contributed by atoms with van der Waals surface area (Å²) >= 11 is 0. The van der Waals surface area contributed by atoms with E-state index in [1.165, 1.54) is 12.3 Å². The molecule has 1 aromatic carbocycles. The molecule has 15 heavy (non-hydrogen) atoms. The van der Waals surface area contributed by atoms with E-state index in [2.05, 4.69) is 0 Å². The Labute approximate surface area is 109 Å². The van der Waals surface area contributed by atoms with Crippen LogP contribution < -0.4 is 34.7 Å². The van der Waals surface area contributed by atoms with Gasteiger partial charge >= 0.3 is 29.6 Å². The Hall–Kier alpha value is -1.03. The van der Waals surface area contributed by atoms with Crippen LogP contribution in [0.15, 0.2) is 47.1 Å². The zero-order chi connectivity index (χ0) is 9.97. The third-order valence-electron chi connectivity index (χ3n) is 1.93. The van der Waals surface area contributed by atoms with Crippen molar-refractivity contribution in [3.8, 4) is 11.3 Å². The van der Waals surface area contributed by atoms with Crippen LogP contribution in [-0.2, 0) is 0 Å². The SMILES string of the molecule is O=C([O-])c1ccccc1-c1ccco1.[Na+]. The number of rotatable bonds is 2. The van der Waals surface area contributed by atoms with Crippen molar-refractivity contribution in [1.82, 2.24) is 0 Å². The summed E-state index contributed by atoms with van der Waals surface area (Å²) in [6, 6.07) is 10.0. The molecule has 0 radical (unpaired) electrons. The number of furan rings is 1. The molecule has 2 aromatic rings. The summed E-state index contributed by atoms with van der Waals surface area (Å²) in [5.74, 6) is -0.665. The van der Waals surface area contributed by atoms with Gasteiger partial charge in [0.05, 0.1) is 12.2 Å². The van der Waals surface area contributed by atoms with Gasteiger partial charge in [-0.15, -0.1) is 0 Å². The van der Waals surface area contributed by atoms with Crippen LogP contribution in [0.2, 0.25) is 0 Å². The number of carbonyl (C=O) groups is 1. The third kappa shape index (κ3) is 2.50. The van der Waals surface area contributed by atoms with Crippen LogP contribution in [0.3, 0.4) is 0 Å². The largest absolute Gasteiger partial charge is 1.00 e. The first-order chi connectivity index (χ1) is 6.79. The molecule has 0 N–H and O–H groups in total. The molecule has 0 spiro atoms. The van der Waals surface area contributed by atoms with Gasteiger partial charge in [0.1, 0.15) is 5.76 Å². The molecular weight excluding hydrogens is 203 g/mol. The molecule has 1 heterocycles. The zero-order valence-corrected chi connectivity index (χ0v) is 10.3. The second-order valence-electron chi connectivity index (χ2n) is 2.81. The topological polar surface area (TPSA) is 53.3 Å². The number of aromatic carboxylic acids is 1. The maximum absolute atomic E-state index is 10.8. The zero-order valence-electron chi connectivity index (χ0n) is 8.27. The average molecular weight is 210 g/mol. The van der Waals surface area contributed by atoms with Gasteiger partial charge in [-0.25, -0.2) is 0 Å². The molecule has 0 saturated carbocycles. The van der Waals surface area contributed by atoms with Crippen LogP contribution in [0, 0.1) is 0 Å². The van der Waals surface area contributed by atoms with Crippen LogP contribution in [-0.4, -0.2) is 5.97 Å². The fourth-order valence-corrected chi connectivity index (χ4v) is 1.31. The summed E-state index contributed by atoms with van der Waals surface area (Å²) in [6.45, 7) is 0. The summed E-state index contributed by atoms with van der Waals surface area (Å²) in [4.78, 5) is 10.8. The molecule has 70 valence electrons. The van der Waals surface area contributed by atoms with Gasteiger partial charge in [0, 0.05) is 11.1 Å². The van der Waals surface area contributed by atoms with E-state index in [1.54, 1.807) is 30.3 Å². The van der Waals surface area contributed by atoms with Gasteiger partial charge < -0.3 is 14.3 Å². The number of hydrogen-bond donors (Lipinski definition) is 0. The number of hydrogen-bond acceptors (Lipinski definition) is 3. The Balaban J connectivity index is 0.00000112. The summed E-state index contributed by atoms with van der Waals surface area (Å²) < 4.78 is 5.12. The Morgan fingerprint density at radius 3 is 2.47 bits per heavy atom. The molecule has 0 fully saturated rings. The van der Waals surface area contributed by atoms with Gasteiger partial charge in [0.2, 0.25) is 0 Å². The van der Waals surface area contributed by atoms with Crippen molar-refractivity contribution < 1.29 is 43.9 Å². The van der Waals surface area contributed by atoms with Gasteiger partial charge in [0.25, 0.3) is 0 Å². The number of benzene rings is 1. The Morgan fingerprint density at radius 2 is 1.87 bits per heavy atom. The fourth-order valence-electron chi connectivity index (χ4n) is 1.31. The molecule has 0 aliphatic carbocycles. The monoisotopic (exact) mass is 210 g/mol. The van der Waals surface area contributed by atoms with Crippen molar-refractivity contribution >= 4 is 5.97 Å². The van der Waals surface area contributed by atoms with E-state index in [4.69, 9.17) is 4.42 Å². The maximum Gasteiger partial charge on any atom is 1.00 e.